The first kappa shape index (κ1) is 11.8. The molecule has 3 heteroatoms. The summed E-state index contributed by atoms with van der Waals surface area (Å²) >= 11 is 3.42. The van der Waals surface area contributed by atoms with E-state index in [2.05, 4.69) is 28.1 Å². The molecular weight excluding hydrogens is 252 g/mol. The maximum Gasteiger partial charge on any atom is 0.0994 e. The van der Waals surface area contributed by atoms with E-state index in [1.165, 1.54) is 0 Å². The van der Waals surface area contributed by atoms with E-state index in [0.717, 1.165) is 15.6 Å². The summed E-state index contributed by atoms with van der Waals surface area (Å²) in [5.41, 5.74) is 2.56. The second-order valence-corrected chi connectivity index (χ2v) is 4.49. The predicted octanol–water partition coefficient (Wildman–Crippen LogP) is 3.51. The third-order valence-electron chi connectivity index (χ3n) is 2.23. The van der Waals surface area contributed by atoms with Crippen molar-refractivity contribution in [3.05, 3.63) is 33.3 Å². The molecule has 1 aromatic carbocycles. The van der Waals surface area contributed by atoms with Crippen LogP contribution in [0.3, 0.4) is 0 Å². The van der Waals surface area contributed by atoms with Crippen LogP contribution in [0.5, 0.6) is 0 Å². The Kier molecular flexibility index (Phi) is 3.88. The Morgan fingerprint density at radius 2 is 2.00 bits per heavy atom. The van der Waals surface area contributed by atoms with Crippen molar-refractivity contribution in [1.82, 2.24) is 0 Å². The Morgan fingerprint density at radius 1 is 1.33 bits per heavy atom. The molecule has 0 saturated heterocycles. The molecule has 0 radical (unpaired) electrons. The van der Waals surface area contributed by atoms with E-state index in [4.69, 9.17) is 10.5 Å². The molecule has 0 spiro atoms. The highest BCUT2D eigenvalue weighted by Gasteiger charge is 2.10. The predicted molar refractivity (Wildman–Crippen MR) is 62.3 cm³/mol. The molecule has 0 amide bonds. The van der Waals surface area contributed by atoms with Gasteiger partial charge in [0.15, 0.2) is 0 Å². The van der Waals surface area contributed by atoms with Crippen LogP contribution in [0.1, 0.15) is 36.5 Å². The smallest absolute Gasteiger partial charge is 0.0994 e. The minimum atomic E-state index is 0.312. The van der Waals surface area contributed by atoms with Crippen molar-refractivity contribution < 1.29 is 0 Å². The van der Waals surface area contributed by atoms with E-state index in [-0.39, 0.29) is 0 Å². The number of benzene rings is 1. The van der Waals surface area contributed by atoms with E-state index >= 15 is 0 Å². The monoisotopic (exact) mass is 262 g/mol. The quantitative estimate of drug-likeness (QED) is 0.819. The summed E-state index contributed by atoms with van der Waals surface area (Å²) in [7, 11) is 0. The van der Waals surface area contributed by atoms with E-state index < -0.39 is 0 Å². The summed E-state index contributed by atoms with van der Waals surface area (Å²) in [5.74, 6) is 0.312. The summed E-state index contributed by atoms with van der Waals surface area (Å²) in [6.45, 7) is 4.10. The normalized spacial score (nSPS) is 9.73. The lowest BCUT2D eigenvalue weighted by atomic mass is 9.95. The molecule has 0 unspecified atom stereocenters. The van der Waals surface area contributed by atoms with Gasteiger partial charge in [0.2, 0.25) is 0 Å². The highest BCUT2D eigenvalue weighted by atomic mass is 79.9. The maximum absolute atomic E-state index is 9.00. The van der Waals surface area contributed by atoms with Gasteiger partial charge in [0.1, 0.15) is 0 Å². The summed E-state index contributed by atoms with van der Waals surface area (Å²) in [4.78, 5) is 0. The average molecular weight is 263 g/mol. The molecule has 0 heterocycles. The van der Waals surface area contributed by atoms with E-state index in [1.54, 1.807) is 6.07 Å². The van der Waals surface area contributed by atoms with E-state index in [0.29, 0.717) is 17.9 Å². The molecular formula is C12H11BrN2. The molecule has 1 aromatic rings. The van der Waals surface area contributed by atoms with Crippen molar-refractivity contribution in [2.45, 2.75) is 26.2 Å². The topological polar surface area (TPSA) is 47.6 Å². The summed E-state index contributed by atoms with van der Waals surface area (Å²) < 4.78 is 0.909. The largest absolute Gasteiger partial charge is 0.198 e. The van der Waals surface area contributed by atoms with Gasteiger partial charge >= 0.3 is 0 Å². The van der Waals surface area contributed by atoms with Gasteiger partial charge < -0.3 is 0 Å². The first-order valence-electron chi connectivity index (χ1n) is 4.69. The molecule has 15 heavy (non-hydrogen) atoms. The van der Waals surface area contributed by atoms with Crippen molar-refractivity contribution in [1.29, 1.82) is 10.5 Å². The van der Waals surface area contributed by atoms with Crippen LogP contribution in [0.2, 0.25) is 0 Å². The van der Waals surface area contributed by atoms with Crippen LogP contribution in [0, 0.1) is 22.7 Å². The minimum absolute atomic E-state index is 0.312. The van der Waals surface area contributed by atoms with Gasteiger partial charge in [0, 0.05) is 4.47 Å². The third-order valence-corrected chi connectivity index (χ3v) is 2.97. The lowest BCUT2D eigenvalue weighted by Crippen LogP contribution is -1.96. The highest BCUT2D eigenvalue weighted by Crippen LogP contribution is 2.27. The molecule has 1 rings (SSSR count). The molecule has 0 aliphatic carbocycles. The van der Waals surface area contributed by atoms with Crippen molar-refractivity contribution >= 4 is 15.9 Å². The van der Waals surface area contributed by atoms with Crippen LogP contribution in [0.4, 0.5) is 0 Å². The summed E-state index contributed by atoms with van der Waals surface area (Å²) in [6, 6.07) is 7.99. The second-order valence-electron chi connectivity index (χ2n) is 3.63. The first-order valence-corrected chi connectivity index (χ1v) is 5.48. The van der Waals surface area contributed by atoms with Gasteiger partial charge in [0.25, 0.3) is 0 Å². The Balaban J connectivity index is 3.32. The Hall–Kier alpha value is -1.32. The number of rotatable bonds is 2. The highest BCUT2D eigenvalue weighted by molar-refractivity contribution is 9.10. The maximum atomic E-state index is 9.00. The molecule has 0 aliphatic rings. The van der Waals surface area contributed by atoms with Gasteiger partial charge in [-0.05, 0) is 29.2 Å². The van der Waals surface area contributed by atoms with E-state index in [9.17, 15) is 0 Å². The van der Waals surface area contributed by atoms with Crippen LogP contribution in [0.25, 0.3) is 0 Å². The molecule has 0 N–H and O–H groups in total. The van der Waals surface area contributed by atoms with Gasteiger partial charge in [0.05, 0.1) is 24.1 Å². The summed E-state index contributed by atoms with van der Waals surface area (Å²) in [6.07, 6.45) is 0.327. The van der Waals surface area contributed by atoms with Crippen LogP contribution in [-0.4, -0.2) is 0 Å². The molecule has 0 atom stereocenters. The molecule has 0 aromatic heterocycles. The third kappa shape index (κ3) is 2.58. The van der Waals surface area contributed by atoms with Crippen LogP contribution in [0.15, 0.2) is 16.6 Å². The molecule has 2 nitrogen and oxygen atoms in total. The lowest BCUT2D eigenvalue weighted by molar-refractivity contribution is 0.860. The van der Waals surface area contributed by atoms with Crippen molar-refractivity contribution in [2.75, 3.05) is 0 Å². The second kappa shape index (κ2) is 4.96. The molecule has 0 saturated carbocycles. The lowest BCUT2D eigenvalue weighted by Gasteiger charge is -2.10. The number of hydrogen-bond donors (Lipinski definition) is 0. The molecule has 76 valence electrons. The van der Waals surface area contributed by atoms with Gasteiger partial charge in [-0.15, -0.1) is 0 Å². The minimum Gasteiger partial charge on any atom is -0.198 e. The van der Waals surface area contributed by atoms with Crippen LogP contribution < -0.4 is 0 Å². The van der Waals surface area contributed by atoms with Gasteiger partial charge in [-0.2, -0.15) is 10.5 Å². The SMILES string of the molecule is CC(C)c1cc(Br)c(CC#N)cc1C#N. The number of hydrogen-bond acceptors (Lipinski definition) is 2. The zero-order valence-electron chi connectivity index (χ0n) is 8.71. The van der Waals surface area contributed by atoms with Crippen molar-refractivity contribution in [2.24, 2.45) is 0 Å². The van der Waals surface area contributed by atoms with E-state index in [1.807, 2.05) is 19.9 Å². The van der Waals surface area contributed by atoms with Gasteiger partial charge in [-0.25, -0.2) is 0 Å². The fourth-order valence-corrected chi connectivity index (χ4v) is 1.93. The fourth-order valence-electron chi connectivity index (χ4n) is 1.43. The molecule has 0 bridgehead atoms. The zero-order valence-corrected chi connectivity index (χ0v) is 10.3. The standard InChI is InChI=1S/C12H11BrN2/c1-8(2)11-6-12(13)9(3-4-14)5-10(11)7-15/h5-6,8H,3H2,1-2H3. The van der Waals surface area contributed by atoms with Crippen molar-refractivity contribution in [3.8, 4) is 12.1 Å². The Labute approximate surface area is 98.3 Å². The summed E-state index contributed by atoms with van der Waals surface area (Å²) in [5, 5.41) is 17.6. The average Bonchev–Trinajstić information content (AvgIpc) is 2.20. The number of nitrogens with zero attached hydrogens (tertiary/aromatic N) is 2. The fraction of sp³-hybridized carbons (Fsp3) is 0.333. The van der Waals surface area contributed by atoms with Crippen LogP contribution >= 0.6 is 15.9 Å². The Bertz CT molecular complexity index is 450. The Morgan fingerprint density at radius 3 is 2.47 bits per heavy atom. The number of halogens is 1. The molecule has 0 fully saturated rings. The van der Waals surface area contributed by atoms with Gasteiger partial charge in [-0.3, -0.25) is 0 Å². The number of nitriles is 2. The molecule has 0 aliphatic heterocycles. The zero-order chi connectivity index (χ0) is 11.4. The first-order chi connectivity index (χ1) is 7.10. The van der Waals surface area contributed by atoms with Crippen molar-refractivity contribution in [3.63, 3.8) is 0 Å². The van der Waals surface area contributed by atoms with Crippen LogP contribution in [-0.2, 0) is 6.42 Å². The van der Waals surface area contributed by atoms with Gasteiger partial charge in [-0.1, -0.05) is 29.8 Å².